The fourth-order valence-corrected chi connectivity index (χ4v) is 2.24. The predicted octanol–water partition coefficient (Wildman–Crippen LogP) is -0.285. The van der Waals surface area contributed by atoms with Gasteiger partial charge in [-0.05, 0) is 13.8 Å². The summed E-state index contributed by atoms with van der Waals surface area (Å²) < 4.78 is 4.90. The molecular weight excluding hydrogens is 274 g/mol. The molecule has 0 saturated carbocycles. The van der Waals surface area contributed by atoms with Crippen molar-refractivity contribution in [2.75, 3.05) is 26.8 Å². The van der Waals surface area contributed by atoms with E-state index in [1.165, 1.54) is 12.0 Å². The average molecular weight is 295 g/mol. The smallest absolute Gasteiger partial charge is 0.245 e. The normalized spacial score (nSPS) is 19.5. The number of amides is 2. The number of nitriles is 1. The van der Waals surface area contributed by atoms with Gasteiger partial charge in [-0.15, -0.1) is 0 Å². The highest BCUT2D eigenvalue weighted by atomic mass is 16.5. The zero-order valence-corrected chi connectivity index (χ0v) is 12.6. The lowest BCUT2D eigenvalue weighted by molar-refractivity contribution is -0.134. The first-order valence-corrected chi connectivity index (χ1v) is 6.91. The van der Waals surface area contributed by atoms with Gasteiger partial charge in [-0.2, -0.15) is 5.26 Å². The lowest BCUT2D eigenvalue weighted by Gasteiger charge is -2.17. The van der Waals surface area contributed by atoms with Gasteiger partial charge in [0.25, 0.3) is 0 Å². The second-order valence-electron chi connectivity index (χ2n) is 5.36. The second kappa shape index (κ2) is 7.74. The number of methoxy groups -OCH3 is 1. The van der Waals surface area contributed by atoms with Crippen LogP contribution < -0.4 is 5.32 Å². The summed E-state index contributed by atoms with van der Waals surface area (Å²) in [6, 6.07) is 1.59. The minimum Gasteiger partial charge on any atom is -0.383 e. The molecule has 21 heavy (non-hydrogen) atoms. The fourth-order valence-electron chi connectivity index (χ4n) is 2.24. The Labute approximate surface area is 124 Å². The third-order valence-electron chi connectivity index (χ3n) is 3.29. The van der Waals surface area contributed by atoms with Gasteiger partial charge in [0, 0.05) is 38.6 Å². The number of hydrogen-bond donors (Lipinski definition) is 1. The van der Waals surface area contributed by atoms with Crippen molar-refractivity contribution >= 4 is 17.6 Å². The van der Waals surface area contributed by atoms with E-state index in [0.29, 0.717) is 13.2 Å². The highest BCUT2D eigenvalue weighted by Crippen LogP contribution is 2.21. The van der Waals surface area contributed by atoms with Crippen LogP contribution in [-0.4, -0.2) is 55.3 Å². The number of rotatable bonds is 7. The number of ether oxygens (including phenoxy) is 1. The number of carbonyl (C=O) groups excluding carboxylic acids is 3. The molecule has 1 saturated heterocycles. The van der Waals surface area contributed by atoms with Crippen molar-refractivity contribution in [2.45, 2.75) is 26.3 Å². The molecule has 1 aliphatic rings. The third-order valence-corrected chi connectivity index (χ3v) is 3.29. The first-order chi connectivity index (χ1) is 9.90. The summed E-state index contributed by atoms with van der Waals surface area (Å²) in [5.41, 5.74) is 0. The number of Topliss-reactive ketones (excluding diaryl/α,β-unsaturated/α-hetero) is 1. The number of hydrogen-bond acceptors (Lipinski definition) is 5. The Hall–Kier alpha value is -1.94. The predicted molar refractivity (Wildman–Crippen MR) is 74.0 cm³/mol. The van der Waals surface area contributed by atoms with Crippen LogP contribution in [0.25, 0.3) is 0 Å². The van der Waals surface area contributed by atoms with Crippen LogP contribution in [0, 0.1) is 23.2 Å². The monoisotopic (exact) mass is 295 g/mol. The number of ketones is 1. The Morgan fingerprint density at radius 3 is 2.71 bits per heavy atom. The molecule has 1 aliphatic heterocycles. The molecule has 1 N–H and O–H groups in total. The molecule has 2 atom stereocenters. The standard InChI is InChI=1S/C14H21N3O4/c1-9(2)16-14(20)11(7-15)13(19)10-6-12(18)17(8-10)4-5-21-3/h9-11H,4-6,8H2,1-3H3,(H,16,20)/t10-,11-/m0/s1. The van der Waals surface area contributed by atoms with Crippen LogP contribution in [-0.2, 0) is 19.1 Å². The molecule has 1 heterocycles. The van der Waals surface area contributed by atoms with Gasteiger partial charge in [0.2, 0.25) is 11.8 Å². The van der Waals surface area contributed by atoms with E-state index in [4.69, 9.17) is 10.00 Å². The van der Waals surface area contributed by atoms with Crippen LogP contribution >= 0.6 is 0 Å². The Kier molecular flexibility index (Phi) is 6.31. The van der Waals surface area contributed by atoms with Crippen molar-refractivity contribution in [1.29, 1.82) is 5.26 Å². The zero-order valence-electron chi connectivity index (χ0n) is 12.6. The quantitative estimate of drug-likeness (QED) is 0.651. The zero-order chi connectivity index (χ0) is 16.0. The molecule has 7 nitrogen and oxygen atoms in total. The molecule has 0 aliphatic carbocycles. The van der Waals surface area contributed by atoms with E-state index in [2.05, 4.69) is 5.32 Å². The molecule has 0 radical (unpaired) electrons. The summed E-state index contributed by atoms with van der Waals surface area (Å²) >= 11 is 0. The van der Waals surface area contributed by atoms with Crippen LogP contribution in [0.1, 0.15) is 20.3 Å². The minimum atomic E-state index is -1.35. The molecule has 0 aromatic carbocycles. The maximum atomic E-state index is 12.3. The highest BCUT2D eigenvalue weighted by molar-refractivity contribution is 6.06. The van der Waals surface area contributed by atoms with E-state index in [9.17, 15) is 14.4 Å². The van der Waals surface area contributed by atoms with Crippen molar-refractivity contribution in [3.05, 3.63) is 0 Å². The van der Waals surface area contributed by atoms with Crippen molar-refractivity contribution in [3.8, 4) is 6.07 Å². The van der Waals surface area contributed by atoms with E-state index in [1.807, 2.05) is 0 Å². The van der Waals surface area contributed by atoms with Crippen molar-refractivity contribution < 1.29 is 19.1 Å². The Morgan fingerprint density at radius 1 is 1.52 bits per heavy atom. The van der Waals surface area contributed by atoms with E-state index < -0.39 is 23.5 Å². The van der Waals surface area contributed by atoms with Crippen LogP contribution in [0.5, 0.6) is 0 Å². The lowest BCUT2D eigenvalue weighted by Crippen LogP contribution is -2.41. The molecule has 0 bridgehead atoms. The van der Waals surface area contributed by atoms with Gasteiger partial charge in [0.1, 0.15) is 0 Å². The first-order valence-electron chi connectivity index (χ1n) is 6.91. The molecule has 7 heteroatoms. The molecule has 0 spiro atoms. The summed E-state index contributed by atoms with van der Waals surface area (Å²) in [6.45, 7) is 4.55. The summed E-state index contributed by atoms with van der Waals surface area (Å²) in [5.74, 6) is -3.18. The molecule has 0 aromatic heterocycles. The molecule has 0 aromatic rings. The number of nitrogens with zero attached hydrogens (tertiary/aromatic N) is 2. The molecule has 0 unspecified atom stereocenters. The van der Waals surface area contributed by atoms with Gasteiger partial charge < -0.3 is 15.0 Å². The van der Waals surface area contributed by atoms with Crippen LogP contribution in [0.2, 0.25) is 0 Å². The number of nitrogens with one attached hydrogen (secondary N) is 1. The third kappa shape index (κ3) is 4.53. The molecule has 116 valence electrons. The van der Waals surface area contributed by atoms with Gasteiger partial charge in [-0.1, -0.05) is 0 Å². The van der Waals surface area contributed by atoms with E-state index in [1.54, 1.807) is 19.9 Å². The molecule has 2 amide bonds. The Balaban J connectivity index is 2.68. The largest absolute Gasteiger partial charge is 0.383 e. The number of likely N-dealkylation sites (tertiary alicyclic amines) is 1. The maximum Gasteiger partial charge on any atom is 0.245 e. The summed E-state index contributed by atoms with van der Waals surface area (Å²) in [5, 5.41) is 11.6. The van der Waals surface area contributed by atoms with E-state index in [0.717, 1.165) is 0 Å². The summed E-state index contributed by atoms with van der Waals surface area (Å²) in [4.78, 5) is 37.4. The maximum absolute atomic E-state index is 12.3. The first kappa shape index (κ1) is 17.1. The highest BCUT2D eigenvalue weighted by Gasteiger charge is 2.39. The summed E-state index contributed by atoms with van der Waals surface area (Å²) in [6.07, 6.45) is 0.0513. The molecule has 1 fully saturated rings. The van der Waals surface area contributed by atoms with Gasteiger partial charge in [-0.3, -0.25) is 14.4 Å². The van der Waals surface area contributed by atoms with Crippen LogP contribution in [0.3, 0.4) is 0 Å². The summed E-state index contributed by atoms with van der Waals surface area (Å²) in [7, 11) is 1.53. The lowest BCUT2D eigenvalue weighted by atomic mass is 9.92. The van der Waals surface area contributed by atoms with E-state index in [-0.39, 0.29) is 24.9 Å². The van der Waals surface area contributed by atoms with Crippen molar-refractivity contribution in [2.24, 2.45) is 11.8 Å². The van der Waals surface area contributed by atoms with Gasteiger partial charge in [0.15, 0.2) is 11.7 Å². The minimum absolute atomic E-state index is 0.0513. The van der Waals surface area contributed by atoms with Gasteiger partial charge in [-0.25, -0.2) is 0 Å². The Bertz CT molecular complexity index is 456. The SMILES string of the molecule is COCCN1C[C@@H](C(=O)[C@H](C#N)C(=O)NC(C)C)CC1=O. The fraction of sp³-hybridized carbons (Fsp3) is 0.714. The van der Waals surface area contributed by atoms with E-state index >= 15 is 0 Å². The number of carbonyl (C=O) groups is 3. The van der Waals surface area contributed by atoms with Crippen molar-refractivity contribution in [1.82, 2.24) is 10.2 Å². The average Bonchev–Trinajstić information content (AvgIpc) is 2.77. The topological polar surface area (TPSA) is 99.5 Å². The molecule has 1 rings (SSSR count). The molecular formula is C14H21N3O4. The van der Waals surface area contributed by atoms with Crippen LogP contribution in [0.4, 0.5) is 0 Å². The van der Waals surface area contributed by atoms with Gasteiger partial charge >= 0.3 is 0 Å². The van der Waals surface area contributed by atoms with Gasteiger partial charge in [0.05, 0.1) is 12.7 Å². The Morgan fingerprint density at radius 2 is 2.19 bits per heavy atom. The van der Waals surface area contributed by atoms with Crippen LogP contribution in [0.15, 0.2) is 0 Å². The van der Waals surface area contributed by atoms with Crippen molar-refractivity contribution in [3.63, 3.8) is 0 Å². The second-order valence-corrected chi connectivity index (χ2v) is 5.36.